The van der Waals surface area contributed by atoms with Crippen molar-refractivity contribution in [3.05, 3.63) is 82.9 Å². The van der Waals surface area contributed by atoms with Crippen LogP contribution in [0, 0.1) is 0 Å². The number of phenolic OH excluding ortho intramolecular Hbond substituents is 1. The highest BCUT2D eigenvalue weighted by Crippen LogP contribution is 2.16. The fourth-order valence-corrected chi connectivity index (χ4v) is 2.41. The van der Waals surface area contributed by atoms with E-state index in [-0.39, 0.29) is 5.75 Å². The van der Waals surface area contributed by atoms with E-state index in [9.17, 15) is 5.11 Å². The van der Waals surface area contributed by atoms with Crippen LogP contribution in [0.15, 0.2) is 60.9 Å². The van der Waals surface area contributed by atoms with Crippen LogP contribution in [0.4, 0.5) is 0 Å². The third-order valence-electron chi connectivity index (χ3n) is 3.34. The number of aromatic nitrogens is 2. The Morgan fingerprint density at radius 3 is 2.62 bits per heavy atom. The number of imidazole rings is 1. The zero-order valence-corrected chi connectivity index (χ0v) is 12.2. The number of benzene rings is 2. The summed E-state index contributed by atoms with van der Waals surface area (Å²) in [5.41, 5.74) is 2.22. The molecule has 0 fully saturated rings. The maximum atomic E-state index is 9.53. The summed E-state index contributed by atoms with van der Waals surface area (Å²) in [4.78, 5) is 4.42. The van der Waals surface area contributed by atoms with Gasteiger partial charge in [0.1, 0.15) is 11.6 Å². The van der Waals surface area contributed by atoms with Gasteiger partial charge in [0.05, 0.1) is 0 Å². The summed E-state index contributed by atoms with van der Waals surface area (Å²) in [6.07, 6.45) is 4.51. The first-order valence-corrected chi connectivity index (χ1v) is 7.11. The molecule has 0 aliphatic rings. The summed E-state index contributed by atoms with van der Waals surface area (Å²) in [7, 11) is 0. The summed E-state index contributed by atoms with van der Waals surface area (Å²) in [6.45, 7) is 0.692. The number of halogens is 1. The Hall–Kier alpha value is -2.26. The van der Waals surface area contributed by atoms with Gasteiger partial charge in [-0.2, -0.15) is 0 Å². The van der Waals surface area contributed by atoms with Gasteiger partial charge in [-0.05, 0) is 35.4 Å². The molecule has 0 unspecified atom stereocenters. The van der Waals surface area contributed by atoms with E-state index in [0.717, 1.165) is 22.8 Å². The van der Waals surface area contributed by atoms with E-state index in [1.165, 1.54) is 5.56 Å². The van der Waals surface area contributed by atoms with Gasteiger partial charge >= 0.3 is 0 Å². The molecule has 3 aromatic rings. The predicted molar refractivity (Wildman–Crippen MR) is 83.7 cm³/mol. The number of hydrogen-bond acceptors (Lipinski definition) is 2. The molecule has 2 aromatic carbocycles. The number of hydrogen-bond donors (Lipinski definition) is 1. The van der Waals surface area contributed by atoms with Gasteiger partial charge in [0, 0.05) is 30.4 Å². The van der Waals surface area contributed by atoms with Crippen molar-refractivity contribution in [2.45, 2.75) is 13.0 Å². The molecule has 0 amide bonds. The quantitative estimate of drug-likeness (QED) is 0.794. The Morgan fingerprint density at radius 1 is 1.05 bits per heavy atom. The first-order chi connectivity index (χ1) is 10.2. The number of nitrogens with zero attached hydrogens (tertiary/aromatic N) is 2. The minimum absolute atomic E-state index is 0.284. The minimum atomic E-state index is 0.284. The molecule has 1 aromatic heterocycles. The highest BCUT2D eigenvalue weighted by molar-refractivity contribution is 6.30. The summed E-state index contributed by atoms with van der Waals surface area (Å²) < 4.78 is 2.09. The lowest BCUT2D eigenvalue weighted by molar-refractivity contribution is 0.474. The summed E-state index contributed by atoms with van der Waals surface area (Å²) >= 11 is 5.90. The average Bonchev–Trinajstić information content (AvgIpc) is 2.89. The summed E-state index contributed by atoms with van der Waals surface area (Å²) in [5.74, 6) is 1.27. The van der Waals surface area contributed by atoms with Crippen LogP contribution in [0.5, 0.6) is 5.75 Å². The molecule has 0 saturated carbocycles. The van der Waals surface area contributed by atoms with E-state index in [1.807, 2.05) is 42.6 Å². The second kappa shape index (κ2) is 6.02. The maximum Gasteiger partial charge on any atom is 0.115 e. The van der Waals surface area contributed by atoms with Crippen molar-refractivity contribution in [2.24, 2.45) is 0 Å². The third kappa shape index (κ3) is 3.44. The molecule has 1 N–H and O–H groups in total. The second-order valence-electron chi connectivity index (χ2n) is 4.94. The van der Waals surface area contributed by atoms with E-state index in [4.69, 9.17) is 11.6 Å². The van der Waals surface area contributed by atoms with Gasteiger partial charge in [-0.1, -0.05) is 35.9 Å². The molecule has 0 aliphatic carbocycles. The fourth-order valence-electron chi connectivity index (χ4n) is 2.29. The SMILES string of the molecule is Oc1cccc(Cn2ccnc2Cc2ccc(Cl)cc2)c1. The van der Waals surface area contributed by atoms with Gasteiger partial charge in [-0.15, -0.1) is 0 Å². The summed E-state index contributed by atoms with van der Waals surface area (Å²) in [6, 6.07) is 15.1. The molecule has 1 heterocycles. The molecule has 3 rings (SSSR count). The molecular weight excluding hydrogens is 284 g/mol. The van der Waals surface area contributed by atoms with Crippen LogP contribution in [0.2, 0.25) is 5.02 Å². The second-order valence-corrected chi connectivity index (χ2v) is 5.38. The van der Waals surface area contributed by atoms with E-state index in [1.54, 1.807) is 18.3 Å². The maximum absolute atomic E-state index is 9.53. The monoisotopic (exact) mass is 298 g/mol. The molecule has 106 valence electrons. The van der Waals surface area contributed by atoms with E-state index >= 15 is 0 Å². The molecule has 0 radical (unpaired) electrons. The highest BCUT2D eigenvalue weighted by Gasteiger charge is 2.05. The molecule has 21 heavy (non-hydrogen) atoms. The Balaban J connectivity index is 1.79. The first-order valence-electron chi connectivity index (χ1n) is 6.73. The van der Waals surface area contributed by atoms with Gasteiger partial charge in [0.15, 0.2) is 0 Å². The van der Waals surface area contributed by atoms with Crippen LogP contribution >= 0.6 is 11.6 Å². The lowest BCUT2D eigenvalue weighted by Gasteiger charge is -2.08. The minimum Gasteiger partial charge on any atom is -0.508 e. The van der Waals surface area contributed by atoms with Crippen molar-refractivity contribution in [1.82, 2.24) is 9.55 Å². The zero-order chi connectivity index (χ0) is 14.7. The molecular formula is C17H15ClN2O. The Labute approximate surface area is 128 Å². The van der Waals surface area contributed by atoms with Crippen molar-refractivity contribution >= 4 is 11.6 Å². The molecule has 0 aliphatic heterocycles. The largest absolute Gasteiger partial charge is 0.508 e. The molecule has 4 heteroatoms. The summed E-state index contributed by atoms with van der Waals surface area (Å²) in [5, 5.41) is 10.3. The molecule has 3 nitrogen and oxygen atoms in total. The van der Waals surface area contributed by atoms with Gasteiger partial charge in [-0.3, -0.25) is 0 Å². The van der Waals surface area contributed by atoms with Crippen molar-refractivity contribution in [2.75, 3.05) is 0 Å². The van der Waals surface area contributed by atoms with Crippen LogP contribution < -0.4 is 0 Å². The molecule has 0 spiro atoms. The predicted octanol–water partition coefficient (Wildman–Crippen LogP) is 3.88. The zero-order valence-electron chi connectivity index (χ0n) is 11.4. The van der Waals surface area contributed by atoms with E-state index in [2.05, 4.69) is 9.55 Å². The van der Waals surface area contributed by atoms with Crippen LogP contribution in [0.1, 0.15) is 17.0 Å². The standard InChI is InChI=1S/C17H15ClN2O/c18-15-6-4-13(5-7-15)11-17-19-8-9-20(17)12-14-2-1-3-16(21)10-14/h1-10,21H,11-12H2. The van der Waals surface area contributed by atoms with Crippen molar-refractivity contribution < 1.29 is 5.11 Å². The first kappa shape index (κ1) is 13.7. The Morgan fingerprint density at radius 2 is 1.86 bits per heavy atom. The van der Waals surface area contributed by atoms with Crippen LogP contribution in [0.25, 0.3) is 0 Å². The fraction of sp³-hybridized carbons (Fsp3) is 0.118. The van der Waals surface area contributed by atoms with Gasteiger partial charge in [0.25, 0.3) is 0 Å². The normalized spacial score (nSPS) is 10.7. The average molecular weight is 299 g/mol. The van der Waals surface area contributed by atoms with Crippen molar-refractivity contribution in [3.63, 3.8) is 0 Å². The van der Waals surface area contributed by atoms with Crippen LogP contribution in [-0.2, 0) is 13.0 Å². The molecule has 0 atom stereocenters. The van der Waals surface area contributed by atoms with Crippen LogP contribution in [-0.4, -0.2) is 14.7 Å². The van der Waals surface area contributed by atoms with Crippen molar-refractivity contribution in [1.29, 1.82) is 0 Å². The molecule has 0 bridgehead atoms. The van der Waals surface area contributed by atoms with Gasteiger partial charge in [0.2, 0.25) is 0 Å². The Bertz CT molecular complexity index is 735. The lowest BCUT2D eigenvalue weighted by Crippen LogP contribution is -2.05. The molecule has 0 saturated heterocycles. The van der Waals surface area contributed by atoms with E-state index in [0.29, 0.717) is 6.54 Å². The number of rotatable bonds is 4. The van der Waals surface area contributed by atoms with Gasteiger partial charge in [-0.25, -0.2) is 4.98 Å². The Kier molecular flexibility index (Phi) is 3.93. The van der Waals surface area contributed by atoms with Gasteiger partial charge < -0.3 is 9.67 Å². The van der Waals surface area contributed by atoms with E-state index < -0.39 is 0 Å². The number of phenols is 1. The van der Waals surface area contributed by atoms with Crippen LogP contribution in [0.3, 0.4) is 0 Å². The van der Waals surface area contributed by atoms with Crippen molar-refractivity contribution in [3.8, 4) is 5.75 Å². The third-order valence-corrected chi connectivity index (χ3v) is 3.59. The lowest BCUT2D eigenvalue weighted by atomic mass is 10.1. The number of aromatic hydroxyl groups is 1. The smallest absolute Gasteiger partial charge is 0.115 e. The highest BCUT2D eigenvalue weighted by atomic mass is 35.5. The topological polar surface area (TPSA) is 38.0 Å².